The van der Waals surface area contributed by atoms with E-state index in [2.05, 4.69) is 4.99 Å². The first-order valence-corrected chi connectivity index (χ1v) is 7.62. The van der Waals surface area contributed by atoms with E-state index in [0.29, 0.717) is 6.61 Å². The van der Waals surface area contributed by atoms with Gasteiger partial charge in [0.1, 0.15) is 6.54 Å². The number of aliphatic imine (C=N–C) groups is 1. The molecule has 0 aliphatic rings. The fourth-order valence-electron chi connectivity index (χ4n) is 1.89. The molecule has 0 radical (unpaired) electrons. The van der Waals surface area contributed by atoms with Gasteiger partial charge in [0.15, 0.2) is 0 Å². The summed E-state index contributed by atoms with van der Waals surface area (Å²) in [5.41, 5.74) is 2.78. The van der Waals surface area contributed by atoms with Crippen LogP contribution in [0.15, 0.2) is 65.7 Å². The second kappa shape index (κ2) is 10.3. The summed E-state index contributed by atoms with van der Waals surface area (Å²) >= 11 is 0. The topological polar surface area (TPSA) is 38.7 Å². The molecule has 3 nitrogen and oxygen atoms in total. The number of carbonyl (C=O) groups excluding carboxylic acids is 1. The Balaban J connectivity index is 0.00000116. The van der Waals surface area contributed by atoms with Gasteiger partial charge in [-0.15, -0.1) is 0 Å². The van der Waals surface area contributed by atoms with E-state index in [1.54, 1.807) is 6.92 Å². The average Bonchev–Trinajstić information content (AvgIpc) is 2.59. The van der Waals surface area contributed by atoms with Crippen LogP contribution in [-0.2, 0) is 9.53 Å². The molecule has 0 unspecified atom stereocenters. The van der Waals surface area contributed by atoms with Crippen LogP contribution >= 0.6 is 0 Å². The summed E-state index contributed by atoms with van der Waals surface area (Å²) in [6, 6.07) is 19.7. The minimum Gasteiger partial charge on any atom is -0.465 e. The van der Waals surface area contributed by atoms with Gasteiger partial charge in [0.2, 0.25) is 0 Å². The van der Waals surface area contributed by atoms with Gasteiger partial charge in [0, 0.05) is 11.1 Å². The number of rotatable bonds is 5. The van der Waals surface area contributed by atoms with Gasteiger partial charge in [-0.3, -0.25) is 9.79 Å². The van der Waals surface area contributed by atoms with Crippen LogP contribution in [0.1, 0.15) is 31.9 Å². The van der Waals surface area contributed by atoms with E-state index >= 15 is 0 Å². The monoisotopic (exact) mass is 297 g/mol. The van der Waals surface area contributed by atoms with Crippen LogP contribution in [-0.4, -0.2) is 24.8 Å². The highest BCUT2D eigenvalue weighted by Crippen LogP contribution is 2.10. The zero-order valence-corrected chi connectivity index (χ0v) is 13.5. The van der Waals surface area contributed by atoms with Gasteiger partial charge in [-0.2, -0.15) is 0 Å². The minimum atomic E-state index is -0.308. The van der Waals surface area contributed by atoms with E-state index in [9.17, 15) is 4.79 Å². The van der Waals surface area contributed by atoms with Crippen molar-refractivity contribution in [1.82, 2.24) is 0 Å². The number of carbonyl (C=O) groups is 1. The molecule has 0 aromatic heterocycles. The van der Waals surface area contributed by atoms with Crippen molar-refractivity contribution in [2.75, 3.05) is 13.2 Å². The maximum atomic E-state index is 11.5. The highest BCUT2D eigenvalue weighted by atomic mass is 16.5. The molecule has 0 atom stereocenters. The summed E-state index contributed by atoms with van der Waals surface area (Å²) in [4.78, 5) is 15.9. The number of ether oxygens (including phenoxy) is 1. The predicted octanol–water partition coefficient (Wildman–Crippen LogP) is 4.11. The van der Waals surface area contributed by atoms with Gasteiger partial charge in [-0.1, -0.05) is 74.5 Å². The Labute approximate surface area is 132 Å². The van der Waals surface area contributed by atoms with Crippen LogP contribution in [0.25, 0.3) is 0 Å². The first-order valence-electron chi connectivity index (χ1n) is 7.62. The van der Waals surface area contributed by atoms with Crippen molar-refractivity contribution in [1.29, 1.82) is 0 Å². The van der Waals surface area contributed by atoms with E-state index in [0.717, 1.165) is 16.8 Å². The summed E-state index contributed by atoms with van der Waals surface area (Å²) in [7, 11) is 0. The van der Waals surface area contributed by atoms with E-state index in [1.807, 2.05) is 74.5 Å². The SMILES string of the molecule is CC.CCOC(=O)CN=C(c1ccccc1)c1ccccc1. The second-order valence-corrected chi connectivity index (χ2v) is 4.20. The Morgan fingerprint density at radius 2 is 1.36 bits per heavy atom. The molecule has 3 heteroatoms. The molecule has 2 aromatic rings. The van der Waals surface area contributed by atoms with E-state index < -0.39 is 0 Å². The lowest BCUT2D eigenvalue weighted by Crippen LogP contribution is -2.11. The molecular weight excluding hydrogens is 274 g/mol. The predicted molar refractivity (Wildman–Crippen MR) is 91.4 cm³/mol. The third kappa shape index (κ3) is 5.52. The summed E-state index contributed by atoms with van der Waals surface area (Å²) in [6.45, 7) is 6.20. The molecule has 0 aliphatic heterocycles. The lowest BCUT2D eigenvalue weighted by molar-refractivity contribution is -0.141. The van der Waals surface area contributed by atoms with Crippen molar-refractivity contribution in [3.05, 3.63) is 71.8 Å². The molecule has 22 heavy (non-hydrogen) atoms. The summed E-state index contributed by atoms with van der Waals surface area (Å²) in [6.07, 6.45) is 0. The molecule has 0 N–H and O–H groups in total. The molecule has 0 bridgehead atoms. The molecule has 0 saturated heterocycles. The van der Waals surface area contributed by atoms with Crippen LogP contribution in [0.3, 0.4) is 0 Å². The van der Waals surface area contributed by atoms with E-state index in [4.69, 9.17) is 4.74 Å². The Morgan fingerprint density at radius 1 is 0.909 bits per heavy atom. The van der Waals surface area contributed by atoms with Gasteiger partial charge >= 0.3 is 5.97 Å². The highest BCUT2D eigenvalue weighted by molar-refractivity contribution is 6.13. The normalized spacial score (nSPS) is 9.23. The Kier molecular flexibility index (Phi) is 8.28. The van der Waals surface area contributed by atoms with Crippen LogP contribution in [0.5, 0.6) is 0 Å². The third-order valence-electron chi connectivity index (χ3n) is 2.77. The number of benzene rings is 2. The zero-order chi connectivity index (χ0) is 16.2. The number of esters is 1. The molecule has 2 aromatic carbocycles. The molecule has 0 amide bonds. The second-order valence-electron chi connectivity index (χ2n) is 4.20. The fourth-order valence-corrected chi connectivity index (χ4v) is 1.89. The van der Waals surface area contributed by atoms with Crippen molar-refractivity contribution < 1.29 is 9.53 Å². The lowest BCUT2D eigenvalue weighted by Gasteiger charge is -2.07. The molecule has 0 fully saturated rings. The largest absolute Gasteiger partial charge is 0.465 e. The van der Waals surface area contributed by atoms with Crippen LogP contribution in [0, 0.1) is 0 Å². The van der Waals surface area contributed by atoms with Crippen molar-refractivity contribution in [3.8, 4) is 0 Å². The van der Waals surface area contributed by atoms with E-state index in [1.165, 1.54) is 0 Å². The smallest absolute Gasteiger partial charge is 0.327 e. The molecular formula is C19H23NO2. The number of hydrogen-bond acceptors (Lipinski definition) is 3. The fraction of sp³-hybridized carbons (Fsp3) is 0.263. The van der Waals surface area contributed by atoms with Crippen molar-refractivity contribution in [2.24, 2.45) is 4.99 Å². The van der Waals surface area contributed by atoms with Gasteiger partial charge in [-0.25, -0.2) is 0 Å². The number of hydrogen-bond donors (Lipinski definition) is 0. The Hall–Kier alpha value is -2.42. The Morgan fingerprint density at radius 3 is 1.77 bits per heavy atom. The van der Waals surface area contributed by atoms with Gasteiger partial charge in [-0.05, 0) is 6.92 Å². The summed E-state index contributed by atoms with van der Waals surface area (Å²) < 4.78 is 4.92. The Bertz CT molecular complexity index is 535. The van der Waals surface area contributed by atoms with Crippen molar-refractivity contribution in [3.63, 3.8) is 0 Å². The first kappa shape index (κ1) is 17.6. The van der Waals surface area contributed by atoms with Crippen LogP contribution in [0.2, 0.25) is 0 Å². The average molecular weight is 297 g/mol. The first-order chi connectivity index (χ1) is 10.8. The molecule has 0 heterocycles. The zero-order valence-electron chi connectivity index (χ0n) is 13.5. The van der Waals surface area contributed by atoms with Crippen LogP contribution < -0.4 is 0 Å². The quantitative estimate of drug-likeness (QED) is 0.615. The lowest BCUT2D eigenvalue weighted by atomic mass is 10.0. The van der Waals surface area contributed by atoms with Crippen molar-refractivity contribution >= 4 is 11.7 Å². The highest BCUT2D eigenvalue weighted by Gasteiger charge is 2.07. The number of nitrogens with zero attached hydrogens (tertiary/aromatic N) is 1. The maximum Gasteiger partial charge on any atom is 0.327 e. The minimum absolute atomic E-state index is 0.0347. The maximum absolute atomic E-state index is 11.5. The summed E-state index contributed by atoms with van der Waals surface area (Å²) in [5, 5.41) is 0. The third-order valence-corrected chi connectivity index (χ3v) is 2.77. The van der Waals surface area contributed by atoms with Gasteiger partial charge in [0.05, 0.1) is 12.3 Å². The van der Waals surface area contributed by atoms with Gasteiger partial charge in [0.25, 0.3) is 0 Å². The van der Waals surface area contributed by atoms with Crippen molar-refractivity contribution in [2.45, 2.75) is 20.8 Å². The summed E-state index contributed by atoms with van der Waals surface area (Å²) in [5.74, 6) is -0.308. The van der Waals surface area contributed by atoms with Gasteiger partial charge < -0.3 is 4.74 Å². The van der Waals surface area contributed by atoms with E-state index in [-0.39, 0.29) is 12.5 Å². The molecule has 116 valence electrons. The van der Waals surface area contributed by atoms with Crippen LogP contribution in [0.4, 0.5) is 0 Å². The molecule has 2 rings (SSSR count). The molecule has 0 saturated carbocycles. The molecule has 0 aliphatic carbocycles. The standard InChI is InChI=1S/C17H17NO2.C2H6/c1-2-20-16(19)13-18-17(14-9-5-3-6-10-14)15-11-7-4-8-12-15;1-2/h3-12H,2,13H2,1H3;1-2H3. The molecule has 0 spiro atoms.